The van der Waals surface area contributed by atoms with Crippen LogP contribution in [0.1, 0.15) is 32.7 Å². The molecule has 224 valence electrons. The molecule has 0 spiro atoms. The fourth-order valence-corrected chi connectivity index (χ4v) is 4.73. The zero-order chi connectivity index (χ0) is 31.4. The highest BCUT2D eigenvalue weighted by Gasteiger charge is 2.21. The first-order valence-electron chi connectivity index (χ1n) is 13.8. The predicted octanol–water partition coefficient (Wildman–Crippen LogP) is 4.35. The summed E-state index contributed by atoms with van der Waals surface area (Å²) in [5.74, 6) is 3.86. The van der Waals surface area contributed by atoms with Gasteiger partial charge in [0.15, 0.2) is 11.6 Å². The van der Waals surface area contributed by atoms with E-state index in [9.17, 15) is 18.4 Å². The molecular weight excluding hydrogens is 564 g/mol. The van der Waals surface area contributed by atoms with Crippen LogP contribution in [0.4, 0.5) is 20.4 Å². The number of hydrogen-bond acceptors (Lipinski definition) is 6. The molecule has 1 amide bonds. The fourth-order valence-electron chi connectivity index (χ4n) is 4.73. The van der Waals surface area contributed by atoms with E-state index in [0.717, 1.165) is 40.8 Å². The molecule has 0 unspecified atom stereocenters. The molecule has 0 saturated heterocycles. The van der Waals surface area contributed by atoms with Crippen LogP contribution in [0.15, 0.2) is 71.7 Å². The minimum atomic E-state index is -1.00. The highest BCUT2D eigenvalue weighted by atomic mass is 19.2. The van der Waals surface area contributed by atoms with Gasteiger partial charge < -0.3 is 15.5 Å². The Hall–Kier alpha value is -5.34. The van der Waals surface area contributed by atoms with Crippen LogP contribution in [0.25, 0.3) is 10.9 Å². The largest absolute Gasteiger partial charge is 0.341 e. The second-order valence-electron chi connectivity index (χ2n) is 10.6. The van der Waals surface area contributed by atoms with E-state index < -0.39 is 23.1 Å². The lowest BCUT2D eigenvalue weighted by molar-refractivity contribution is 0.0956. The van der Waals surface area contributed by atoms with Gasteiger partial charge in [-0.25, -0.2) is 23.4 Å². The van der Waals surface area contributed by atoms with Crippen molar-refractivity contribution >= 4 is 28.4 Å². The molecule has 0 radical (unpaired) electrons. The number of halogens is 2. The van der Waals surface area contributed by atoms with Crippen LogP contribution in [0.5, 0.6) is 0 Å². The van der Waals surface area contributed by atoms with Gasteiger partial charge in [-0.1, -0.05) is 30.0 Å². The molecule has 2 N–H and O–H groups in total. The summed E-state index contributed by atoms with van der Waals surface area (Å²) in [4.78, 5) is 37.0. The molecule has 0 aliphatic rings. The predicted molar refractivity (Wildman–Crippen MR) is 166 cm³/mol. The van der Waals surface area contributed by atoms with Crippen molar-refractivity contribution in [2.24, 2.45) is 7.05 Å². The number of anilines is 2. The maximum atomic E-state index is 13.6. The molecule has 0 atom stereocenters. The summed E-state index contributed by atoms with van der Waals surface area (Å²) in [7, 11) is 5.68. The molecule has 0 aliphatic carbocycles. The maximum Gasteiger partial charge on any atom is 0.280 e. The van der Waals surface area contributed by atoms with E-state index in [-0.39, 0.29) is 18.7 Å². The van der Waals surface area contributed by atoms with Crippen molar-refractivity contribution in [1.82, 2.24) is 29.5 Å². The lowest BCUT2D eigenvalue weighted by Gasteiger charge is -2.10. The second kappa shape index (κ2) is 12.9. The summed E-state index contributed by atoms with van der Waals surface area (Å²) in [6.45, 7) is 2.50. The summed E-state index contributed by atoms with van der Waals surface area (Å²) >= 11 is 0. The van der Waals surface area contributed by atoms with Crippen molar-refractivity contribution in [3.05, 3.63) is 117 Å². The lowest BCUT2D eigenvalue weighted by Crippen LogP contribution is -2.31. The molecule has 5 rings (SSSR count). The molecule has 3 aromatic carbocycles. The van der Waals surface area contributed by atoms with Gasteiger partial charge in [-0.2, -0.15) is 0 Å². The van der Waals surface area contributed by atoms with Crippen LogP contribution in [0.3, 0.4) is 0 Å². The van der Waals surface area contributed by atoms with Crippen molar-refractivity contribution in [2.45, 2.75) is 20.0 Å². The highest BCUT2D eigenvalue weighted by molar-refractivity contribution is 5.95. The lowest BCUT2D eigenvalue weighted by atomic mass is 10.1. The summed E-state index contributed by atoms with van der Waals surface area (Å²) in [5, 5.41) is 6.71. The van der Waals surface area contributed by atoms with Crippen LogP contribution in [-0.2, 0) is 20.1 Å². The Morgan fingerprint density at radius 1 is 1.00 bits per heavy atom. The quantitative estimate of drug-likeness (QED) is 0.259. The van der Waals surface area contributed by atoms with E-state index in [2.05, 4.69) is 49.5 Å². The van der Waals surface area contributed by atoms with E-state index in [1.54, 1.807) is 20.2 Å². The highest BCUT2D eigenvalue weighted by Crippen LogP contribution is 2.19. The number of amides is 1. The van der Waals surface area contributed by atoms with Gasteiger partial charge in [-0.15, -0.1) is 0 Å². The Labute approximate surface area is 253 Å². The summed E-state index contributed by atoms with van der Waals surface area (Å²) in [6, 6.07) is 17.1. The first kappa shape index (κ1) is 30.1. The third-order valence-corrected chi connectivity index (χ3v) is 7.06. The topological polar surface area (TPSA) is 97.1 Å². The van der Waals surface area contributed by atoms with Gasteiger partial charge >= 0.3 is 0 Å². The molecule has 0 saturated carbocycles. The smallest absolute Gasteiger partial charge is 0.280 e. The van der Waals surface area contributed by atoms with Gasteiger partial charge in [-0.3, -0.25) is 14.3 Å². The van der Waals surface area contributed by atoms with Gasteiger partial charge in [0.25, 0.3) is 11.5 Å². The van der Waals surface area contributed by atoms with E-state index in [4.69, 9.17) is 0 Å². The fraction of sp³-hybridized carbons (Fsp3) is 0.212. The van der Waals surface area contributed by atoms with Crippen molar-refractivity contribution in [1.29, 1.82) is 0 Å². The van der Waals surface area contributed by atoms with Crippen molar-refractivity contribution in [3.8, 4) is 11.8 Å². The Balaban J connectivity index is 1.21. The number of nitrogens with one attached hydrogen (secondary N) is 2. The minimum Gasteiger partial charge on any atom is -0.341 e. The first-order valence-corrected chi connectivity index (χ1v) is 13.8. The first-order chi connectivity index (χ1) is 21.1. The molecule has 11 heteroatoms. The number of carbonyl (C=O) groups is 1. The molecule has 2 aromatic heterocycles. The summed E-state index contributed by atoms with van der Waals surface area (Å²) < 4.78 is 29.7. The standard InChI is InChI=1S/C33H31F2N7O2/c1-21-30(32(44)42(41(21)4)20-24-9-13-27(34)28(35)17-24)31(43)36-15-5-6-22-10-14-29-25(16-22)18-37-33(39-29)38-26-11-7-23(8-12-26)19-40(2)3/h7-14,16-18H,15,19-20H2,1-4H3,(H,36,43)(H,37,38,39). The zero-order valence-corrected chi connectivity index (χ0v) is 24.8. The van der Waals surface area contributed by atoms with Gasteiger partial charge in [0.05, 0.1) is 18.6 Å². The summed E-state index contributed by atoms with van der Waals surface area (Å²) in [6.07, 6.45) is 1.72. The van der Waals surface area contributed by atoms with Gasteiger partial charge in [0.2, 0.25) is 5.95 Å². The number of hydrogen-bond donors (Lipinski definition) is 2. The van der Waals surface area contributed by atoms with Crippen molar-refractivity contribution in [3.63, 3.8) is 0 Å². The molecule has 0 bridgehead atoms. The van der Waals surface area contributed by atoms with Crippen LogP contribution in [0.2, 0.25) is 0 Å². The van der Waals surface area contributed by atoms with Gasteiger partial charge in [0, 0.05) is 42.1 Å². The number of nitrogens with zero attached hydrogens (tertiary/aromatic N) is 5. The minimum absolute atomic E-state index is 0.0144. The second-order valence-corrected chi connectivity index (χ2v) is 10.6. The van der Waals surface area contributed by atoms with E-state index >= 15 is 0 Å². The van der Waals surface area contributed by atoms with Crippen molar-refractivity contribution < 1.29 is 13.6 Å². The van der Waals surface area contributed by atoms with E-state index in [1.165, 1.54) is 21.0 Å². The van der Waals surface area contributed by atoms with Gasteiger partial charge in [-0.05, 0) is 74.6 Å². The van der Waals surface area contributed by atoms with Gasteiger partial charge in [0.1, 0.15) is 5.56 Å². The molecule has 0 fully saturated rings. The van der Waals surface area contributed by atoms with Crippen molar-refractivity contribution in [2.75, 3.05) is 26.0 Å². The molecule has 44 heavy (non-hydrogen) atoms. The SMILES string of the molecule is Cc1c(C(=O)NCC#Cc2ccc3nc(Nc4ccc(CN(C)C)cc4)ncc3c2)c(=O)n(Cc2ccc(F)c(F)c2)n1C. The summed E-state index contributed by atoms with van der Waals surface area (Å²) in [5.41, 5.74) is 3.84. The van der Waals surface area contributed by atoms with Crippen LogP contribution >= 0.6 is 0 Å². The van der Waals surface area contributed by atoms with E-state index in [0.29, 0.717) is 17.2 Å². The number of fused-ring (bicyclic) bond motifs is 1. The number of aromatic nitrogens is 4. The Kier molecular flexibility index (Phi) is 8.83. The third kappa shape index (κ3) is 6.82. The van der Waals surface area contributed by atoms with Crippen LogP contribution in [-0.4, -0.2) is 50.8 Å². The maximum absolute atomic E-state index is 13.6. The zero-order valence-electron chi connectivity index (χ0n) is 24.8. The number of carbonyl (C=O) groups excluding carboxylic acids is 1. The molecule has 5 aromatic rings. The molecule has 0 aliphatic heterocycles. The Morgan fingerprint density at radius 2 is 1.75 bits per heavy atom. The monoisotopic (exact) mass is 595 g/mol. The Morgan fingerprint density at radius 3 is 2.48 bits per heavy atom. The average Bonchev–Trinajstić information content (AvgIpc) is 3.20. The molecule has 2 heterocycles. The van der Waals surface area contributed by atoms with E-state index in [1.807, 2.05) is 44.4 Å². The number of benzene rings is 3. The normalized spacial score (nSPS) is 11.0. The average molecular weight is 596 g/mol. The Bertz CT molecular complexity index is 1970. The molecular formula is C33H31F2N7O2. The van der Waals surface area contributed by atoms with Crippen LogP contribution < -0.4 is 16.2 Å². The molecule has 9 nitrogen and oxygen atoms in total. The third-order valence-electron chi connectivity index (χ3n) is 7.06. The number of rotatable bonds is 8. The van der Waals surface area contributed by atoms with Crippen LogP contribution in [0, 0.1) is 30.4 Å².